The molecule has 1 aliphatic rings. The molecule has 1 rings (SSSR count). The molecular formula is C12H18F6O2. The third-order valence-corrected chi connectivity index (χ3v) is 2.84. The minimum Gasteiger partial charge on any atom is -0.341 e. The molecule has 0 aromatic carbocycles. The van der Waals surface area contributed by atoms with Crippen molar-refractivity contribution < 1.29 is 35.8 Å². The molecule has 2 nitrogen and oxygen atoms in total. The van der Waals surface area contributed by atoms with Gasteiger partial charge in [0.05, 0.1) is 0 Å². The maximum absolute atomic E-state index is 12.3. The van der Waals surface area contributed by atoms with E-state index in [0.717, 1.165) is 0 Å². The van der Waals surface area contributed by atoms with Gasteiger partial charge in [0.25, 0.3) is 6.10 Å². The molecule has 3 atom stereocenters. The van der Waals surface area contributed by atoms with Gasteiger partial charge in [-0.05, 0) is 17.8 Å². The number of epoxide rings is 1. The summed E-state index contributed by atoms with van der Waals surface area (Å²) in [5, 5.41) is 0. The summed E-state index contributed by atoms with van der Waals surface area (Å²) >= 11 is 0. The molecule has 1 heterocycles. The Labute approximate surface area is 113 Å². The number of hydrogen-bond acceptors (Lipinski definition) is 2. The molecule has 0 aliphatic carbocycles. The molecule has 1 fully saturated rings. The highest BCUT2D eigenvalue weighted by Gasteiger charge is 2.61. The van der Waals surface area contributed by atoms with Crippen LogP contribution in [0.1, 0.15) is 34.1 Å². The Hall–Kier alpha value is -0.500. The lowest BCUT2D eigenvalue weighted by Gasteiger charge is -2.23. The lowest BCUT2D eigenvalue weighted by Crippen LogP contribution is -2.45. The predicted octanol–water partition coefficient (Wildman–Crippen LogP) is 4.29. The molecule has 0 aromatic heterocycles. The third-order valence-electron chi connectivity index (χ3n) is 2.84. The molecule has 1 aliphatic heterocycles. The van der Waals surface area contributed by atoms with E-state index in [-0.39, 0.29) is 11.3 Å². The smallest absolute Gasteiger partial charge is 0.341 e. The first-order valence-electron chi connectivity index (χ1n) is 6.16. The Morgan fingerprint density at radius 1 is 1.00 bits per heavy atom. The number of rotatable bonds is 4. The summed E-state index contributed by atoms with van der Waals surface area (Å²) < 4.78 is 82.7. The van der Waals surface area contributed by atoms with Crippen LogP contribution in [0.4, 0.5) is 26.3 Å². The zero-order valence-corrected chi connectivity index (χ0v) is 11.6. The first-order valence-corrected chi connectivity index (χ1v) is 6.16. The summed E-state index contributed by atoms with van der Waals surface area (Å²) in [6.07, 6.45) is -16.3. The van der Waals surface area contributed by atoms with Gasteiger partial charge in [-0.15, -0.1) is 0 Å². The molecule has 0 aromatic rings. The highest BCUT2D eigenvalue weighted by atomic mass is 19.4. The first-order chi connectivity index (χ1) is 8.72. The molecule has 0 amide bonds. The van der Waals surface area contributed by atoms with Crippen molar-refractivity contribution in [2.75, 3.05) is 0 Å². The van der Waals surface area contributed by atoms with Crippen LogP contribution in [-0.4, -0.2) is 30.9 Å². The monoisotopic (exact) mass is 308 g/mol. The van der Waals surface area contributed by atoms with Crippen molar-refractivity contribution in [2.45, 2.75) is 65.0 Å². The van der Waals surface area contributed by atoms with E-state index >= 15 is 0 Å². The number of ether oxygens (including phenoxy) is 2. The average molecular weight is 308 g/mol. The van der Waals surface area contributed by atoms with Crippen molar-refractivity contribution in [1.82, 2.24) is 0 Å². The highest BCUT2D eigenvalue weighted by Crippen LogP contribution is 2.42. The molecule has 1 saturated heterocycles. The first kappa shape index (κ1) is 17.6. The summed E-state index contributed by atoms with van der Waals surface area (Å²) in [5.41, 5.74) is -0.0939. The van der Waals surface area contributed by atoms with Gasteiger partial charge in [0, 0.05) is 0 Å². The van der Waals surface area contributed by atoms with Crippen molar-refractivity contribution >= 4 is 0 Å². The molecule has 3 unspecified atom stereocenters. The SMILES string of the molecule is CC(CC(C)(C)C)C1OC1OC(C(F)(F)F)C(F)(F)F. The Morgan fingerprint density at radius 2 is 1.45 bits per heavy atom. The van der Waals surface area contributed by atoms with E-state index in [9.17, 15) is 26.3 Å². The quantitative estimate of drug-likeness (QED) is 0.571. The summed E-state index contributed by atoms with van der Waals surface area (Å²) in [7, 11) is 0. The fraction of sp³-hybridized carbons (Fsp3) is 1.00. The van der Waals surface area contributed by atoms with Crippen LogP contribution in [0, 0.1) is 11.3 Å². The number of halogens is 6. The Kier molecular flexibility index (Phi) is 4.71. The fourth-order valence-electron chi connectivity index (χ4n) is 2.18. The van der Waals surface area contributed by atoms with Gasteiger partial charge in [-0.3, -0.25) is 0 Å². The average Bonchev–Trinajstić information content (AvgIpc) is 2.86. The van der Waals surface area contributed by atoms with Crippen LogP contribution in [0.15, 0.2) is 0 Å². The zero-order valence-electron chi connectivity index (χ0n) is 11.6. The molecule has 0 radical (unpaired) electrons. The van der Waals surface area contributed by atoms with E-state index in [1.165, 1.54) is 0 Å². The Bertz CT molecular complexity index is 316. The topological polar surface area (TPSA) is 21.8 Å². The van der Waals surface area contributed by atoms with Gasteiger partial charge in [0.15, 0.2) is 6.29 Å². The van der Waals surface area contributed by atoms with Crippen molar-refractivity contribution in [3.8, 4) is 0 Å². The van der Waals surface area contributed by atoms with E-state index in [1.807, 2.05) is 20.8 Å². The second kappa shape index (κ2) is 5.36. The molecule has 0 N–H and O–H groups in total. The number of hydrogen-bond donors (Lipinski definition) is 0. The molecule has 120 valence electrons. The second-order valence-corrected chi connectivity index (χ2v) is 6.31. The van der Waals surface area contributed by atoms with E-state index in [4.69, 9.17) is 4.74 Å². The summed E-state index contributed by atoms with van der Waals surface area (Å²) in [6.45, 7) is 7.50. The van der Waals surface area contributed by atoms with Gasteiger partial charge in [0.2, 0.25) is 0 Å². The van der Waals surface area contributed by atoms with Crippen LogP contribution in [-0.2, 0) is 9.47 Å². The maximum atomic E-state index is 12.3. The lowest BCUT2D eigenvalue weighted by atomic mass is 9.84. The van der Waals surface area contributed by atoms with Gasteiger partial charge in [0.1, 0.15) is 6.10 Å². The Balaban J connectivity index is 2.59. The predicted molar refractivity (Wildman–Crippen MR) is 58.9 cm³/mol. The van der Waals surface area contributed by atoms with Gasteiger partial charge >= 0.3 is 12.4 Å². The molecule has 0 saturated carbocycles. The van der Waals surface area contributed by atoms with Crippen LogP contribution in [0.3, 0.4) is 0 Å². The van der Waals surface area contributed by atoms with E-state index in [0.29, 0.717) is 6.42 Å². The molecule has 0 spiro atoms. The summed E-state index contributed by atoms with van der Waals surface area (Å²) in [5.74, 6) is -0.179. The summed E-state index contributed by atoms with van der Waals surface area (Å²) in [4.78, 5) is 0. The van der Waals surface area contributed by atoms with E-state index in [2.05, 4.69) is 4.74 Å². The van der Waals surface area contributed by atoms with Crippen molar-refractivity contribution in [1.29, 1.82) is 0 Å². The number of alkyl halides is 6. The molecule has 0 bridgehead atoms. The summed E-state index contributed by atoms with van der Waals surface area (Å²) in [6, 6.07) is 0. The van der Waals surface area contributed by atoms with Crippen LogP contribution < -0.4 is 0 Å². The van der Waals surface area contributed by atoms with Gasteiger partial charge in [-0.25, -0.2) is 0 Å². The zero-order chi connectivity index (χ0) is 15.9. The van der Waals surface area contributed by atoms with Gasteiger partial charge in [-0.2, -0.15) is 26.3 Å². The normalized spacial score (nSPS) is 25.9. The maximum Gasteiger partial charge on any atom is 0.423 e. The van der Waals surface area contributed by atoms with Crippen LogP contribution in [0.5, 0.6) is 0 Å². The van der Waals surface area contributed by atoms with Crippen LogP contribution in [0.25, 0.3) is 0 Å². The molecule has 20 heavy (non-hydrogen) atoms. The minimum absolute atomic E-state index is 0.0939. The lowest BCUT2D eigenvalue weighted by molar-refractivity contribution is -0.329. The van der Waals surface area contributed by atoms with Crippen molar-refractivity contribution in [3.63, 3.8) is 0 Å². The molecule has 8 heteroatoms. The van der Waals surface area contributed by atoms with Crippen molar-refractivity contribution in [2.24, 2.45) is 11.3 Å². The van der Waals surface area contributed by atoms with E-state index in [1.54, 1.807) is 6.92 Å². The third kappa shape index (κ3) is 5.12. The highest BCUT2D eigenvalue weighted by molar-refractivity contribution is 4.88. The van der Waals surface area contributed by atoms with E-state index < -0.39 is 30.9 Å². The second-order valence-electron chi connectivity index (χ2n) is 6.31. The standard InChI is InChI=1S/C12H18F6O2/c1-6(5-10(2,3)4)7-8(19-7)20-9(11(13,14)15)12(16,17)18/h6-9H,5H2,1-4H3. The van der Waals surface area contributed by atoms with Crippen LogP contribution >= 0.6 is 0 Å². The molecular weight excluding hydrogens is 290 g/mol. The fourth-order valence-corrected chi connectivity index (χ4v) is 2.18. The van der Waals surface area contributed by atoms with Crippen LogP contribution in [0.2, 0.25) is 0 Å². The Morgan fingerprint density at radius 3 is 1.80 bits per heavy atom. The van der Waals surface area contributed by atoms with Gasteiger partial charge < -0.3 is 9.47 Å². The van der Waals surface area contributed by atoms with Crippen molar-refractivity contribution in [3.05, 3.63) is 0 Å². The minimum atomic E-state index is -5.50. The van der Waals surface area contributed by atoms with Gasteiger partial charge in [-0.1, -0.05) is 27.7 Å². The largest absolute Gasteiger partial charge is 0.423 e.